The van der Waals surface area contributed by atoms with E-state index >= 15 is 0 Å². The second-order valence-electron chi connectivity index (χ2n) is 5.23. The lowest BCUT2D eigenvalue weighted by Crippen LogP contribution is -1.87. The van der Waals surface area contributed by atoms with Gasteiger partial charge in [-0.3, -0.25) is 0 Å². The lowest BCUT2D eigenvalue weighted by Gasteiger charge is -2.00. The van der Waals surface area contributed by atoms with Crippen molar-refractivity contribution in [2.45, 2.75) is 19.8 Å². The van der Waals surface area contributed by atoms with E-state index in [-0.39, 0.29) is 0 Å². The highest BCUT2D eigenvalue weighted by atomic mass is 79.9. The van der Waals surface area contributed by atoms with E-state index < -0.39 is 0 Å². The number of hydrogen-bond donors (Lipinski definition) is 0. The average Bonchev–Trinajstić information content (AvgIpc) is 3.00. The summed E-state index contributed by atoms with van der Waals surface area (Å²) in [6.07, 6.45) is 5.52. The van der Waals surface area contributed by atoms with E-state index in [2.05, 4.69) is 57.3 Å². The van der Waals surface area contributed by atoms with Crippen LogP contribution >= 0.6 is 15.9 Å². The maximum Gasteiger partial charge on any atom is 0.240 e. The van der Waals surface area contributed by atoms with Gasteiger partial charge in [-0.05, 0) is 41.3 Å². The van der Waals surface area contributed by atoms with Gasteiger partial charge in [0.05, 0.1) is 6.42 Å². The molecule has 1 aromatic heterocycles. The van der Waals surface area contributed by atoms with Crippen LogP contribution in [0.1, 0.15) is 35.4 Å². The SMILES string of the molecule is CCc1ccccc1/C=C/c1nnc(Cc2cccc(Br)c2)o1. The van der Waals surface area contributed by atoms with E-state index in [1.165, 1.54) is 11.1 Å². The van der Waals surface area contributed by atoms with Crippen molar-refractivity contribution in [3.8, 4) is 0 Å². The summed E-state index contributed by atoms with van der Waals surface area (Å²) >= 11 is 3.47. The molecule has 0 aliphatic carbocycles. The summed E-state index contributed by atoms with van der Waals surface area (Å²) in [5, 5.41) is 8.20. The molecule has 0 aliphatic heterocycles. The molecule has 23 heavy (non-hydrogen) atoms. The Morgan fingerprint density at radius 3 is 2.74 bits per heavy atom. The van der Waals surface area contributed by atoms with Crippen molar-refractivity contribution in [3.05, 3.63) is 81.5 Å². The molecule has 2 aromatic carbocycles. The maximum absolute atomic E-state index is 5.70. The fourth-order valence-corrected chi connectivity index (χ4v) is 2.85. The maximum atomic E-state index is 5.70. The zero-order valence-electron chi connectivity index (χ0n) is 12.9. The molecule has 0 unspecified atom stereocenters. The van der Waals surface area contributed by atoms with Crippen molar-refractivity contribution in [1.82, 2.24) is 10.2 Å². The molecule has 0 saturated carbocycles. The Labute approximate surface area is 144 Å². The molecule has 0 bridgehead atoms. The molecule has 3 rings (SSSR count). The first-order valence-electron chi connectivity index (χ1n) is 7.57. The zero-order chi connectivity index (χ0) is 16.1. The van der Waals surface area contributed by atoms with Gasteiger partial charge in [0, 0.05) is 10.5 Å². The summed E-state index contributed by atoms with van der Waals surface area (Å²) in [5.74, 6) is 1.15. The largest absolute Gasteiger partial charge is 0.421 e. The first-order chi connectivity index (χ1) is 11.2. The van der Waals surface area contributed by atoms with Crippen LogP contribution in [-0.2, 0) is 12.8 Å². The number of rotatable bonds is 5. The molecular formula is C19H17BrN2O. The van der Waals surface area contributed by atoms with Gasteiger partial charge in [0.15, 0.2) is 0 Å². The fourth-order valence-electron chi connectivity index (χ4n) is 2.41. The third-order valence-corrected chi connectivity index (χ3v) is 4.06. The Balaban J connectivity index is 1.73. The quantitative estimate of drug-likeness (QED) is 0.624. The first kappa shape index (κ1) is 15.7. The van der Waals surface area contributed by atoms with Crippen molar-refractivity contribution in [3.63, 3.8) is 0 Å². The second-order valence-corrected chi connectivity index (χ2v) is 6.14. The Kier molecular flexibility index (Phi) is 5.03. The molecule has 3 aromatic rings. The molecule has 0 fully saturated rings. The van der Waals surface area contributed by atoms with Gasteiger partial charge < -0.3 is 4.42 Å². The van der Waals surface area contributed by atoms with E-state index in [4.69, 9.17) is 4.42 Å². The van der Waals surface area contributed by atoms with Gasteiger partial charge in [-0.2, -0.15) is 0 Å². The summed E-state index contributed by atoms with van der Waals surface area (Å²) in [5.41, 5.74) is 3.62. The highest BCUT2D eigenvalue weighted by molar-refractivity contribution is 9.10. The van der Waals surface area contributed by atoms with E-state index in [9.17, 15) is 0 Å². The smallest absolute Gasteiger partial charge is 0.240 e. The first-order valence-corrected chi connectivity index (χ1v) is 8.36. The molecule has 0 radical (unpaired) electrons. The van der Waals surface area contributed by atoms with Crippen molar-refractivity contribution in [2.75, 3.05) is 0 Å². The van der Waals surface area contributed by atoms with Gasteiger partial charge in [0.2, 0.25) is 11.8 Å². The van der Waals surface area contributed by atoms with Crippen LogP contribution in [0.3, 0.4) is 0 Å². The Morgan fingerprint density at radius 1 is 1.04 bits per heavy atom. The number of aryl methyl sites for hydroxylation is 1. The molecule has 0 atom stereocenters. The molecule has 4 heteroatoms. The minimum absolute atomic E-state index is 0.529. The molecule has 3 nitrogen and oxygen atoms in total. The highest BCUT2D eigenvalue weighted by Crippen LogP contribution is 2.16. The molecule has 0 N–H and O–H groups in total. The molecule has 0 spiro atoms. The number of halogens is 1. The normalized spacial score (nSPS) is 11.2. The van der Waals surface area contributed by atoms with Gasteiger partial charge in [-0.15, -0.1) is 10.2 Å². The number of aromatic nitrogens is 2. The summed E-state index contributed by atoms with van der Waals surface area (Å²) in [6.45, 7) is 2.15. The standard InChI is InChI=1S/C19H17BrN2O/c1-2-15-7-3-4-8-16(15)10-11-18-21-22-19(23-18)13-14-6-5-9-17(20)12-14/h3-12H,2,13H2,1H3/b11-10+. The number of hydrogen-bond acceptors (Lipinski definition) is 3. The zero-order valence-corrected chi connectivity index (χ0v) is 14.5. The minimum atomic E-state index is 0.529. The Morgan fingerprint density at radius 2 is 1.91 bits per heavy atom. The topological polar surface area (TPSA) is 38.9 Å². The van der Waals surface area contributed by atoms with Crippen molar-refractivity contribution in [1.29, 1.82) is 0 Å². The third kappa shape index (κ3) is 4.17. The summed E-state index contributed by atoms with van der Waals surface area (Å²) in [7, 11) is 0. The highest BCUT2D eigenvalue weighted by Gasteiger charge is 2.05. The van der Waals surface area contributed by atoms with Crippen LogP contribution in [0.2, 0.25) is 0 Å². The van der Waals surface area contributed by atoms with Gasteiger partial charge in [0.25, 0.3) is 0 Å². The van der Waals surface area contributed by atoms with Crippen LogP contribution in [0.4, 0.5) is 0 Å². The van der Waals surface area contributed by atoms with Gasteiger partial charge in [-0.1, -0.05) is 59.3 Å². The van der Waals surface area contributed by atoms with Crippen LogP contribution in [0.5, 0.6) is 0 Å². The van der Waals surface area contributed by atoms with Crippen LogP contribution < -0.4 is 0 Å². The van der Waals surface area contributed by atoms with E-state index in [0.717, 1.165) is 16.5 Å². The number of nitrogens with zero attached hydrogens (tertiary/aromatic N) is 2. The van der Waals surface area contributed by atoms with Crippen molar-refractivity contribution >= 4 is 28.1 Å². The van der Waals surface area contributed by atoms with E-state index in [1.54, 1.807) is 0 Å². The molecule has 0 aliphatic rings. The van der Waals surface area contributed by atoms with Crippen LogP contribution in [-0.4, -0.2) is 10.2 Å². The lowest BCUT2D eigenvalue weighted by molar-refractivity contribution is 0.496. The van der Waals surface area contributed by atoms with Gasteiger partial charge >= 0.3 is 0 Å². The predicted molar refractivity (Wildman–Crippen MR) is 96.0 cm³/mol. The van der Waals surface area contributed by atoms with Crippen LogP contribution in [0, 0.1) is 0 Å². The lowest BCUT2D eigenvalue weighted by atomic mass is 10.1. The van der Waals surface area contributed by atoms with Crippen molar-refractivity contribution in [2.24, 2.45) is 0 Å². The monoisotopic (exact) mass is 368 g/mol. The van der Waals surface area contributed by atoms with Gasteiger partial charge in [0.1, 0.15) is 0 Å². The molecule has 0 saturated heterocycles. The minimum Gasteiger partial charge on any atom is -0.421 e. The summed E-state index contributed by atoms with van der Waals surface area (Å²) in [4.78, 5) is 0. The third-order valence-electron chi connectivity index (χ3n) is 3.57. The second kappa shape index (κ2) is 7.38. The fraction of sp³-hybridized carbons (Fsp3) is 0.158. The summed E-state index contributed by atoms with van der Waals surface area (Å²) < 4.78 is 6.75. The predicted octanol–water partition coefficient (Wildman–Crippen LogP) is 5.16. The van der Waals surface area contributed by atoms with Crippen LogP contribution in [0.25, 0.3) is 12.2 Å². The van der Waals surface area contributed by atoms with Crippen LogP contribution in [0.15, 0.2) is 57.4 Å². The number of benzene rings is 2. The Bertz CT molecular complexity index is 823. The molecular weight excluding hydrogens is 352 g/mol. The Hall–Kier alpha value is -2.20. The average molecular weight is 369 g/mol. The molecule has 116 valence electrons. The van der Waals surface area contributed by atoms with Crippen molar-refractivity contribution < 1.29 is 4.42 Å². The van der Waals surface area contributed by atoms with E-state index in [0.29, 0.717) is 18.2 Å². The molecule has 1 heterocycles. The van der Waals surface area contributed by atoms with Gasteiger partial charge in [-0.25, -0.2) is 0 Å². The van der Waals surface area contributed by atoms with E-state index in [1.807, 2.05) is 36.4 Å². The molecule has 0 amide bonds. The summed E-state index contributed by atoms with van der Waals surface area (Å²) in [6, 6.07) is 16.4.